The van der Waals surface area contributed by atoms with Gasteiger partial charge in [-0.1, -0.05) is 27.2 Å². The number of nitrogens with zero attached hydrogens (tertiary/aromatic N) is 2. The van der Waals surface area contributed by atoms with Crippen molar-refractivity contribution in [2.45, 2.75) is 38.5 Å². The monoisotopic (exact) mass is 393 g/mol. The molecule has 8 heteroatoms. The van der Waals surface area contributed by atoms with Gasteiger partial charge in [0.25, 0.3) is 5.91 Å². The lowest BCUT2D eigenvalue weighted by atomic mass is 10.1. The Hall–Kier alpha value is -2.19. The molecule has 0 saturated heterocycles. The molecule has 1 amide bonds. The molecule has 1 aromatic heterocycles. The fourth-order valence-corrected chi connectivity index (χ4v) is 4.46. The molecule has 2 aromatic rings. The lowest BCUT2D eigenvalue weighted by molar-refractivity contribution is 0.0951. The Morgan fingerprint density at radius 1 is 1.19 bits per heavy atom. The summed E-state index contributed by atoms with van der Waals surface area (Å²) in [6.07, 6.45) is 3.25. The number of amides is 1. The first-order chi connectivity index (χ1) is 12.8. The normalized spacial score (nSPS) is 11.9. The maximum Gasteiger partial charge on any atom is 0.256 e. The Morgan fingerprint density at radius 2 is 1.85 bits per heavy atom. The number of sulfonamides is 1. The minimum absolute atomic E-state index is 0.0125. The smallest absolute Gasteiger partial charge is 0.256 e. The van der Waals surface area contributed by atoms with Crippen LogP contribution < -0.4 is 10.7 Å². The highest BCUT2D eigenvalue weighted by atomic mass is 32.2. The van der Waals surface area contributed by atoms with Gasteiger partial charge in [-0.3, -0.25) is 9.59 Å². The van der Waals surface area contributed by atoms with Gasteiger partial charge in [0, 0.05) is 38.3 Å². The molecule has 0 radical (unpaired) electrons. The van der Waals surface area contributed by atoms with Gasteiger partial charge in [-0.15, -0.1) is 0 Å². The summed E-state index contributed by atoms with van der Waals surface area (Å²) in [6.45, 7) is 6.72. The number of rotatable bonds is 8. The van der Waals surface area contributed by atoms with Crippen LogP contribution in [0, 0.1) is 0 Å². The van der Waals surface area contributed by atoms with Gasteiger partial charge in [0.1, 0.15) is 5.56 Å². The molecular weight excluding hydrogens is 366 g/mol. The Kier molecular flexibility index (Phi) is 6.78. The molecule has 0 bridgehead atoms. The molecule has 0 aliphatic rings. The van der Waals surface area contributed by atoms with Crippen LogP contribution in [-0.4, -0.2) is 42.8 Å². The summed E-state index contributed by atoms with van der Waals surface area (Å²) in [4.78, 5) is 25.3. The summed E-state index contributed by atoms with van der Waals surface area (Å²) in [7, 11) is -1.96. The number of fused-ring (bicyclic) bond motifs is 1. The molecule has 0 saturated carbocycles. The predicted molar refractivity (Wildman–Crippen MR) is 107 cm³/mol. The number of carbonyl (C=O) groups excluding carboxylic acids is 1. The predicted octanol–water partition coefficient (Wildman–Crippen LogP) is 2.10. The second kappa shape index (κ2) is 8.67. The minimum Gasteiger partial charge on any atom is -0.352 e. The van der Waals surface area contributed by atoms with Crippen molar-refractivity contribution < 1.29 is 13.2 Å². The molecule has 0 aliphatic carbocycles. The van der Waals surface area contributed by atoms with Crippen molar-refractivity contribution >= 4 is 26.8 Å². The van der Waals surface area contributed by atoms with Crippen LogP contribution >= 0.6 is 0 Å². The first kappa shape index (κ1) is 21.1. The van der Waals surface area contributed by atoms with E-state index in [1.807, 2.05) is 6.92 Å². The number of aryl methyl sites for hydroxylation is 1. The Bertz CT molecular complexity index is 992. The van der Waals surface area contributed by atoms with Crippen molar-refractivity contribution in [1.82, 2.24) is 14.2 Å². The fraction of sp³-hybridized carbons (Fsp3) is 0.474. The highest BCUT2D eigenvalue weighted by molar-refractivity contribution is 7.89. The number of nitrogens with one attached hydrogen (secondary N) is 1. The van der Waals surface area contributed by atoms with Gasteiger partial charge in [0.2, 0.25) is 15.5 Å². The topological polar surface area (TPSA) is 88.5 Å². The summed E-state index contributed by atoms with van der Waals surface area (Å²) < 4.78 is 28.5. The van der Waals surface area contributed by atoms with E-state index in [9.17, 15) is 18.0 Å². The zero-order valence-corrected chi connectivity index (χ0v) is 17.1. The van der Waals surface area contributed by atoms with Crippen LogP contribution in [0.1, 0.15) is 44.0 Å². The molecular formula is C19H27N3O4S. The number of aromatic nitrogens is 1. The average molecular weight is 394 g/mol. The van der Waals surface area contributed by atoms with E-state index < -0.39 is 21.4 Å². The molecule has 0 fully saturated rings. The van der Waals surface area contributed by atoms with Gasteiger partial charge in [-0.2, -0.15) is 4.31 Å². The highest BCUT2D eigenvalue weighted by Gasteiger charge is 2.23. The van der Waals surface area contributed by atoms with E-state index in [1.165, 1.54) is 22.6 Å². The van der Waals surface area contributed by atoms with E-state index in [2.05, 4.69) is 5.32 Å². The SMILES string of the molecule is CCCCNC(=O)c1cn(C)c2ccc(S(=O)(=O)N(CC)CC)cc2c1=O. The lowest BCUT2D eigenvalue weighted by Gasteiger charge is -2.19. The summed E-state index contributed by atoms with van der Waals surface area (Å²) in [5.41, 5.74) is 0.121. The van der Waals surface area contributed by atoms with Crippen LogP contribution in [0.5, 0.6) is 0 Å². The van der Waals surface area contributed by atoms with E-state index in [4.69, 9.17) is 0 Å². The van der Waals surface area contributed by atoms with Crippen molar-refractivity contribution in [3.63, 3.8) is 0 Å². The standard InChI is InChI=1S/C19H27N3O4S/c1-5-8-11-20-19(24)16-13-21(4)17-10-9-14(12-15(17)18(16)23)27(25,26)22(6-2)7-3/h9-10,12-13H,5-8,11H2,1-4H3,(H,20,24). The van der Waals surface area contributed by atoms with Crippen LogP contribution in [-0.2, 0) is 17.1 Å². The molecule has 148 valence electrons. The first-order valence-corrected chi connectivity index (χ1v) is 10.6. The summed E-state index contributed by atoms with van der Waals surface area (Å²) in [5, 5.41) is 2.95. The van der Waals surface area contributed by atoms with E-state index >= 15 is 0 Å². The average Bonchev–Trinajstić information content (AvgIpc) is 2.65. The summed E-state index contributed by atoms with van der Waals surface area (Å²) >= 11 is 0. The van der Waals surface area contributed by atoms with Crippen molar-refractivity contribution in [2.75, 3.05) is 19.6 Å². The van der Waals surface area contributed by atoms with E-state index in [0.29, 0.717) is 25.2 Å². The molecule has 27 heavy (non-hydrogen) atoms. The number of carbonyl (C=O) groups is 1. The third kappa shape index (κ3) is 4.22. The Labute approximate surface area is 160 Å². The third-order valence-electron chi connectivity index (χ3n) is 4.56. The first-order valence-electron chi connectivity index (χ1n) is 9.19. The van der Waals surface area contributed by atoms with Gasteiger partial charge < -0.3 is 9.88 Å². The summed E-state index contributed by atoms with van der Waals surface area (Å²) in [6, 6.07) is 4.47. The number of benzene rings is 1. The molecule has 1 N–H and O–H groups in total. The molecule has 1 aromatic carbocycles. The van der Waals surface area contributed by atoms with E-state index in [-0.39, 0.29) is 15.8 Å². The molecule has 0 atom stereocenters. The van der Waals surface area contributed by atoms with Crippen LogP contribution in [0.2, 0.25) is 0 Å². The fourth-order valence-electron chi connectivity index (χ4n) is 2.98. The number of unbranched alkanes of at least 4 members (excludes halogenated alkanes) is 1. The molecule has 0 spiro atoms. The molecule has 2 rings (SSSR count). The molecule has 1 heterocycles. The van der Waals surface area contributed by atoms with Crippen LogP contribution in [0.15, 0.2) is 34.1 Å². The lowest BCUT2D eigenvalue weighted by Crippen LogP contribution is -2.31. The molecule has 0 aliphatic heterocycles. The maximum absolute atomic E-state index is 12.9. The second-order valence-corrected chi connectivity index (χ2v) is 8.30. The number of pyridine rings is 1. The van der Waals surface area contributed by atoms with Crippen LogP contribution in [0.25, 0.3) is 10.9 Å². The van der Waals surface area contributed by atoms with Gasteiger partial charge >= 0.3 is 0 Å². The minimum atomic E-state index is -3.69. The highest BCUT2D eigenvalue weighted by Crippen LogP contribution is 2.20. The third-order valence-corrected chi connectivity index (χ3v) is 6.61. The largest absolute Gasteiger partial charge is 0.352 e. The van der Waals surface area contributed by atoms with Crippen LogP contribution in [0.4, 0.5) is 0 Å². The van der Waals surface area contributed by atoms with Crippen LogP contribution in [0.3, 0.4) is 0 Å². The quantitative estimate of drug-likeness (QED) is 0.696. The van der Waals surface area contributed by atoms with Crippen molar-refractivity contribution in [2.24, 2.45) is 7.05 Å². The molecule has 0 unspecified atom stereocenters. The maximum atomic E-state index is 12.9. The Morgan fingerprint density at radius 3 is 2.44 bits per heavy atom. The van der Waals surface area contributed by atoms with Gasteiger partial charge in [-0.05, 0) is 24.6 Å². The van der Waals surface area contributed by atoms with Gasteiger partial charge in [-0.25, -0.2) is 8.42 Å². The van der Waals surface area contributed by atoms with E-state index in [0.717, 1.165) is 12.8 Å². The van der Waals surface area contributed by atoms with Crippen molar-refractivity contribution in [1.29, 1.82) is 0 Å². The molecule has 7 nitrogen and oxygen atoms in total. The van der Waals surface area contributed by atoms with Crippen molar-refractivity contribution in [3.8, 4) is 0 Å². The van der Waals surface area contributed by atoms with Gasteiger partial charge in [0.15, 0.2) is 0 Å². The number of hydrogen-bond donors (Lipinski definition) is 1. The van der Waals surface area contributed by atoms with E-state index in [1.54, 1.807) is 31.5 Å². The zero-order chi connectivity index (χ0) is 20.2. The summed E-state index contributed by atoms with van der Waals surface area (Å²) in [5.74, 6) is -0.442. The number of hydrogen-bond acceptors (Lipinski definition) is 4. The zero-order valence-electron chi connectivity index (χ0n) is 16.3. The van der Waals surface area contributed by atoms with Crippen molar-refractivity contribution in [3.05, 3.63) is 40.2 Å². The van der Waals surface area contributed by atoms with Gasteiger partial charge in [0.05, 0.1) is 10.4 Å². The Balaban J connectivity index is 2.59. The second-order valence-electron chi connectivity index (χ2n) is 6.36.